The van der Waals surface area contributed by atoms with E-state index in [1.165, 1.54) is 11.6 Å². The molecule has 0 atom stereocenters. The Hall–Kier alpha value is -1.63. The van der Waals surface area contributed by atoms with Gasteiger partial charge in [0.25, 0.3) is 0 Å². The lowest BCUT2D eigenvalue weighted by molar-refractivity contribution is 0.627. The van der Waals surface area contributed by atoms with Crippen LogP contribution in [0.3, 0.4) is 0 Å². The van der Waals surface area contributed by atoms with E-state index < -0.39 is 0 Å². The molecule has 0 unspecified atom stereocenters. The van der Waals surface area contributed by atoms with Crippen LogP contribution in [0.4, 0.5) is 4.39 Å². The molecule has 1 heteroatoms. The number of benzene rings is 1. The third-order valence-electron chi connectivity index (χ3n) is 2.60. The first-order valence-electron chi connectivity index (χ1n) is 5.09. The fraction of sp³-hybridized carbons (Fsp3) is 0.143. The van der Waals surface area contributed by atoms with Crippen LogP contribution in [0.25, 0.3) is 5.57 Å². The van der Waals surface area contributed by atoms with E-state index in [0.29, 0.717) is 0 Å². The SMILES string of the molecule is C=CC1=C(c2cccc(F)c2)CCC=C1. The van der Waals surface area contributed by atoms with Crippen LogP contribution < -0.4 is 0 Å². The van der Waals surface area contributed by atoms with Crippen LogP contribution in [0.15, 0.2) is 54.6 Å². The van der Waals surface area contributed by atoms with Gasteiger partial charge in [0, 0.05) is 0 Å². The molecule has 15 heavy (non-hydrogen) atoms. The standard InChI is InChI=1S/C14H13F/c1-2-11-6-3-4-9-14(11)12-7-5-8-13(15)10-12/h2-3,5-8,10H,1,4,9H2. The Bertz CT molecular complexity index is 438. The molecule has 0 spiro atoms. The maximum absolute atomic E-state index is 13.1. The summed E-state index contributed by atoms with van der Waals surface area (Å²) in [5, 5.41) is 0. The third-order valence-corrected chi connectivity index (χ3v) is 2.60. The summed E-state index contributed by atoms with van der Waals surface area (Å²) in [6.45, 7) is 3.78. The van der Waals surface area contributed by atoms with Gasteiger partial charge >= 0.3 is 0 Å². The molecule has 1 aromatic carbocycles. The van der Waals surface area contributed by atoms with Crippen LogP contribution >= 0.6 is 0 Å². The van der Waals surface area contributed by atoms with E-state index in [9.17, 15) is 4.39 Å². The number of halogens is 1. The van der Waals surface area contributed by atoms with Gasteiger partial charge in [-0.15, -0.1) is 0 Å². The van der Waals surface area contributed by atoms with E-state index in [-0.39, 0.29) is 5.82 Å². The molecule has 0 heterocycles. The van der Waals surface area contributed by atoms with Crippen molar-refractivity contribution in [1.82, 2.24) is 0 Å². The first kappa shape index (κ1) is 9.91. The molecule has 0 radical (unpaired) electrons. The lowest BCUT2D eigenvalue weighted by atomic mass is 9.92. The summed E-state index contributed by atoms with van der Waals surface area (Å²) in [7, 11) is 0. The summed E-state index contributed by atoms with van der Waals surface area (Å²) >= 11 is 0. The van der Waals surface area contributed by atoms with Gasteiger partial charge in [-0.25, -0.2) is 4.39 Å². The molecule has 0 aliphatic heterocycles. The highest BCUT2D eigenvalue weighted by molar-refractivity contribution is 5.74. The van der Waals surface area contributed by atoms with E-state index in [2.05, 4.69) is 18.7 Å². The van der Waals surface area contributed by atoms with Gasteiger partial charge in [0.2, 0.25) is 0 Å². The predicted molar refractivity (Wildman–Crippen MR) is 61.9 cm³/mol. The molecule has 0 saturated heterocycles. The molecule has 0 fully saturated rings. The summed E-state index contributed by atoms with van der Waals surface area (Å²) in [6, 6.07) is 6.74. The van der Waals surface area contributed by atoms with Crippen molar-refractivity contribution in [2.75, 3.05) is 0 Å². The highest BCUT2D eigenvalue weighted by atomic mass is 19.1. The number of rotatable bonds is 2. The zero-order chi connectivity index (χ0) is 10.7. The zero-order valence-electron chi connectivity index (χ0n) is 8.54. The summed E-state index contributed by atoms with van der Waals surface area (Å²) < 4.78 is 13.1. The number of allylic oxidation sites excluding steroid dienone is 5. The molecule has 0 saturated carbocycles. The molecular weight excluding hydrogens is 187 g/mol. The van der Waals surface area contributed by atoms with Crippen molar-refractivity contribution < 1.29 is 4.39 Å². The zero-order valence-corrected chi connectivity index (χ0v) is 8.54. The van der Waals surface area contributed by atoms with E-state index in [4.69, 9.17) is 0 Å². The van der Waals surface area contributed by atoms with Gasteiger partial charge in [0.05, 0.1) is 0 Å². The Balaban J connectivity index is 2.49. The molecule has 0 nitrogen and oxygen atoms in total. The largest absolute Gasteiger partial charge is 0.207 e. The van der Waals surface area contributed by atoms with Crippen LogP contribution in [0.1, 0.15) is 18.4 Å². The lowest BCUT2D eigenvalue weighted by Crippen LogP contribution is -1.93. The van der Waals surface area contributed by atoms with Gasteiger partial charge in [-0.1, -0.05) is 36.9 Å². The second kappa shape index (κ2) is 4.26. The van der Waals surface area contributed by atoms with Gasteiger partial charge in [-0.3, -0.25) is 0 Å². The van der Waals surface area contributed by atoms with E-state index in [1.807, 2.05) is 12.1 Å². The van der Waals surface area contributed by atoms with Crippen LogP contribution in [-0.4, -0.2) is 0 Å². The summed E-state index contributed by atoms with van der Waals surface area (Å²) in [4.78, 5) is 0. The molecule has 0 bridgehead atoms. The van der Waals surface area contributed by atoms with Crippen LogP contribution in [-0.2, 0) is 0 Å². The average Bonchev–Trinajstić information content (AvgIpc) is 2.29. The molecule has 0 aromatic heterocycles. The van der Waals surface area contributed by atoms with Gasteiger partial charge < -0.3 is 0 Å². The van der Waals surface area contributed by atoms with Gasteiger partial charge in [0.1, 0.15) is 5.82 Å². The lowest BCUT2D eigenvalue weighted by Gasteiger charge is -2.13. The fourth-order valence-corrected chi connectivity index (χ4v) is 1.86. The Labute approximate surface area is 89.4 Å². The Morgan fingerprint density at radius 1 is 1.33 bits per heavy atom. The van der Waals surface area contributed by atoms with Crippen molar-refractivity contribution in [3.63, 3.8) is 0 Å². The van der Waals surface area contributed by atoms with Crippen molar-refractivity contribution in [2.45, 2.75) is 12.8 Å². The van der Waals surface area contributed by atoms with Crippen molar-refractivity contribution in [2.24, 2.45) is 0 Å². The normalized spacial score (nSPS) is 15.5. The van der Waals surface area contributed by atoms with Crippen molar-refractivity contribution in [1.29, 1.82) is 0 Å². The predicted octanol–water partition coefficient (Wildman–Crippen LogP) is 4.12. The second-order valence-electron chi connectivity index (χ2n) is 3.59. The van der Waals surface area contributed by atoms with Gasteiger partial charge in [-0.2, -0.15) is 0 Å². The van der Waals surface area contributed by atoms with Crippen molar-refractivity contribution in [3.05, 3.63) is 66.0 Å². The quantitative estimate of drug-likeness (QED) is 0.673. The minimum absolute atomic E-state index is 0.182. The third kappa shape index (κ3) is 2.07. The fourth-order valence-electron chi connectivity index (χ4n) is 1.86. The van der Waals surface area contributed by atoms with E-state index in [0.717, 1.165) is 24.0 Å². The Morgan fingerprint density at radius 3 is 2.93 bits per heavy atom. The van der Waals surface area contributed by atoms with Crippen LogP contribution in [0.5, 0.6) is 0 Å². The monoisotopic (exact) mass is 200 g/mol. The average molecular weight is 200 g/mol. The first-order valence-corrected chi connectivity index (χ1v) is 5.09. The minimum atomic E-state index is -0.182. The number of hydrogen-bond donors (Lipinski definition) is 0. The maximum atomic E-state index is 13.1. The Kier molecular flexibility index (Phi) is 2.82. The van der Waals surface area contributed by atoms with E-state index >= 15 is 0 Å². The maximum Gasteiger partial charge on any atom is 0.123 e. The summed E-state index contributed by atoms with van der Waals surface area (Å²) in [5.41, 5.74) is 3.26. The molecule has 1 aliphatic carbocycles. The van der Waals surface area contributed by atoms with Crippen LogP contribution in [0, 0.1) is 5.82 Å². The molecule has 1 aromatic rings. The molecule has 76 valence electrons. The highest BCUT2D eigenvalue weighted by Crippen LogP contribution is 2.29. The smallest absolute Gasteiger partial charge is 0.123 e. The van der Waals surface area contributed by atoms with Crippen molar-refractivity contribution >= 4 is 5.57 Å². The highest BCUT2D eigenvalue weighted by Gasteiger charge is 2.08. The molecule has 1 aliphatic rings. The van der Waals surface area contributed by atoms with Crippen LogP contribution in [0.2, 0.25) is 0 Å². The Morgan fingerprint density at radius 2 is 2.20 bits per heavy atom. The van der Waals surface area contributed by atoms with Gasteiger partial charge in [-0.05, 0) is 41.7 Å². The second-order valence-corrected chi connectivity index (χ2v) is 3.59. The molecular formula is C14H13F. The topological polar surface area (TPSA) is 0 Å². The number of hydrogen-bond acceptors (Lipinski definition) is 0. The summed E-state index contributed by atoms with van der Waals surface area (Å²) in [6.07, 6.45) is 7.98. The first-order chi connectivity index (χ1) is 7.31. The minimum Gasteiger partial charge on any atom is -0.207 e. The van der Waals surface area contributed by atoms with Gasteiger partial charge in [0.15, 0.2) is 0 Å². The molecule has 0 N–H and O–H groups in total. The molecule has 2 rings (SSSR count). The molecule has 0 amide bonds. The van der Waals surface area contributed by atoms with Crippen molar-refractivity contribution in [3.8, 4) is 0 Å². The summed E-state index contributed by atoms with van der Waals surface area (Å²) in [5.74, 6) is -0.182. The van der Waals surface area contributed by atoms with E-state index in [1.54, 1.807) is 12.1 Å².